The monoisotopic (exact) mass is 302 g/mol. The van der Waals surface area contributed by atoms with Gasteiger partial charge in [0, 0.05) is 18.2 Å². The minimum Gasteiger partial charge on any atom is -0.398 e. The van der Waals surface area contributed by atoms with E-state index in [1.54, 1.807) is 18.2 Å². The van der Waals surface area contributed by atoms with Gasteiger partial charge in [0.2, 0.25) is 0 Å². The van der Waals surface area contributed by atoms with Gasteiger partial charge in [0.05, 0.1) is 10.7 Å². The molecule has 2 rings (SSSR count). The van der Waals surface area contributed by atoms with Crippen LogP contribution in [0.25, 0.3) is 0 Å². The molecule has 0 unspecified atom stereocenters. The SMILES string of the molecule is CC(C)N(Cc1ccccc1)C(=O)c1ccc(Cl)c(N)c1. The average molecular weight is 303 g/mol. The van der Waals surface area contributed by atoms with Crippen molar-refractivity contribution in [3.63, 3.8) is 0 Å². The number of halogens is 1. The number of nitrogen functional groups attached to an aromatic ring is 1. The van der Waals surface area contributed by atoms with E-state index in [9.17, 15) is 4.79 Å². The predicted molar refractivity (Wildman–Crippen MR) is 87.3 cm³/mol. The Labute approximate surface area is 130 Å². The van der Waals surface area contributed by atoms with E-state index in [4.69, 9.17) is 17.3 Å². The number of rotatable bonds is 4. The average Bonchev–Trinajstić information content (AvgIpc) is 2.47. The van der Waals surface area contributed by atoms with Crippen LogP contribution in [0.1, 0.15) is 29.8 Å². The van der Waals surface area contributed by atoms with E-state index in [2.05, 4.69) is 0 Å². The Morgan fingerprint density at radius 3 is 2.43 bits per heavy atom. The molecule has 4 heteroatoms. The predicted octanol–water partition coefficient (Wildman–Crippen LogP) is 3.97. The Hall–Kier alpha value is -2.00. The number of benzene rings is 2. The minimum atomic E-state index is -0.0442. The lowest BCUT2D eigenvalue weighted by Crippen LogP contribution is -2.36. The van der Waals surface area contributed by atoms with Gasteiger partial charge in [0.1, 0.15) is 0 Å². The Kier molecular flexibility index (Phi) is 4.86. The maximum atomic E-state index is 12.7. The lowest BCUT2D eigenvalue weighted by molar-refractivity contribution is 0.0690. The highest BCUT2D eigenvalue weighted by molar-refractivity contribution is 6.33. The molecule has 0 bridgehead atoms. The Morgan fingerprint density at radius 1 is 1.19 bits per heavy atom. The van der Waals surface area contributed by atoms with E-state index in [1.807, 2.05) is 49.1 Å². The lowest BCUT2D eigenvalue weighted by Gasteiger charge is -2.27. The van der Waals surface area contributed by atoms with Gasteiger partial charge in [-0.15, -0.1) is 0 Å². The lowest BCUT2D eigenvalue weighted by atomic mass is 10.1. The van der Waals surface area contributed by atoms with Crippen LogP contribution in [-0.2, 0) is 6.54 Å². The molecule has 1 amide bonds. The summed E-state index contributed by atoms with van der Waals surface area (Å²) < 4.78 is 0. The van der Waals surface area contributed by atoms with E-state index in [1.165, 1.54) is 0 Å². The molecule has 0 heterocycles. The van der Waals surface area contributed by atoms with Crippen molar-refractivity contribution in [2.75, 3.05) is 5.73 Å². The summed E-state index contributed by atoms with van der Waals surface area (Å²) >= 11 is 5.91. The fourth-order valence-corrected chi connectivity index (χ4v) is 2.23. The molecule has 0 radical (unpaired) electrons. The first-order valence-electron chi connectivity index (χ1n) is 6.89. The maximum absolute atomic E-state index is 12.7. The summed E-state index contributed by atoms with van der Waals surface area (Å²) in [6, 6.07) is 15.0. The van der Waals surface area contributed by atoms with E-state index in [-0.39, 0.29) is 11.9 Å². The molecule has 0 fully saturated rings. The van der Waals surface area contributed by atoms with Crippen molar-refractivity contribution in [3.8, 4) is 0 Å². The topological polar surface area (TPSA) is 46.3 Å². The first-order chi connectivity index (χ1) is 9.99. The second kappa shape index (κ2) is 6.64. The zero-order chi connectivity index (χ0) is 15.4. The van der Waals surface area contributed by atoms with Gasteiger partial charge in [0.15, 0.2) is 0 Å². The molecule has 21 heavy (non-hydrogen) atoms. The molecule has 0 aromatic heterocycles. The van der Waals surface area contributed by atoms with Crippen LogP contribution in [-0.4, -0.2) is 16.8 Å². The van der Waals surface area contributed by atoms with E-state index in [0.717, 1.165) is 5.56 Å². The van der Waals surface area contributed by atoms with Crippen molar-refractivity contribution in [2.24, 2.45) is 0 Å². The normalized spacial score (nSPS) is 10.7. The smallest absolute Gasteiger partial charge is 0.254 e. The van der Waals surface area contributed by atoms with E-state index < -0.39 is 0 Å². The fraction of sp³-hybridized carbons (Fsp3) is 0.235. The molecule has 0 aliphatic heterocycles. The Balaban J connectivity index is 2.25. The molecular formula is C17H19ClN2O. The summed E-state index contributed by atoms with van der Waals surface area (Å²) in [7, 11) is 0. The molecule has 0 aliphatic carbocycles. The molecular weight excluding hydrogens is 284 g/mol. The number of hydrogen-bond donors (Lipinski definition) is 1. The number of anilines is 1. The summed E-state index contributed by atoms with van der Waals surface area (Å²) in [5.74, 6) is -0.0442. The number of hydrogen-bond acceptors (Lipinski definition) is 2. The summed E-state index contributed by atoms with van der Waals surface area (Å²) in [5, 5.41) is 0.464. The fourth-order valence-electron chi connectivity index (χ4n) is 2.11. The number of carbonyl (C=O) groups excluding carboxylic acids is 1. The summed E-state index contributed by atoms with van der Waals surface area (Å²) in [4.78, 5) is 14.5. The van der Waals surface area contributed by atoms with Crippen LogP contribution in [0.15, 0.2) is 48.5 Å². The number of carbonyl (C=O) groups is 1. The molecule has 0 saturated carbocycles. The van der Waals surface area contributed by atoms with Crippen molar-refractivity contribution >= 4 is 23.2 Å². The second-order valence-corrected chi connectivity index (χ2v) is 5.66. The van der Waals surface area contributed by atoms with Crippen LogP contribution in [0.3, 0.4) is 0 Å². The highest BCUT2D eigenvalue weighted by atomic mass is 35.5. The summed E-state index contributed by atoms with van der Waals surface area (Å²) in [5.41, 5.74) is 7.86. The van der Waals surface area contributed by atoms with Gasteiger partial charge in [-0.3, -0.25) is 4.79 Å². The van der Waals surface area contributed by atoms with Gasteiger partial charge in [-0.05, 0) is 37.6 Å². The first-order valence-corrected chi connectivity index (χ1v) is 7.26. The van der Waals surface area contributed by atoms with Gasteiger partial charge >= 0.3 is 0 Å². The van der Waals surface area contributed by atoms with Crippen molar-refractivity contribution in [1.82, 2.24) is 4.90 Å². The highest BCUT2D eigenvalue weighted by Crippen LogP contribution is 2.21. The molecule has 2 aromatic carbocycles. The third-order valence-corrected chi connectivity index (χ3v) is 3.67. The van der Waals surface area contributed by atoms with Crippen LogP contribution >= 0.6 is 11.6 Å². The quantitative estimate of drug-likeness (QED) is 0.869. The highest BCUT2D eigenvalue weighted by Gasteiger charge is 2.19. The Bertz CT molecular complexity index is 626. The third kappa shape index (κ3) is 3.76. The van der Waals surface area contributed by atoms with Crippen LogP contribution in [0.4, 0.5) is 5.69 Å². The minimum absolute atomic E-state index is 0.0442. The standard InChI is InChI=1S/C17H19ClN2O/c1-12(2)20(11-13-6-4-3-5-7-13)17(21)14-8-9-15(18)16(19)10-14/h3-10,12H,11,19H2,1-2H3. The first kappa shape index (κ1) is 15.4. The second-order valence-electron chi connectivity index (χ2n) is 5.25. The van der Waals surface area contributed by atoms with Crippen molar-refractivity contribution in [1.29, 1.82) is 0 Å². The third-order valence-electron chi connectivity index (χ3n) is 3.32. The van der Waals surface area contributed by atoms with Crippen molar-refractivity contribution < 1.29 is 4.79 Å². The van der Waals surface area contributed by atoms with E-state index in [0.29, 0.717) is 22.8 Å². The van der Waals surface area contributed by atoms with Crippen molar-refractivity contribution in [3.05, 3.63) is 64.7 Å². The van der Waals surface area contributed by atoms with Crippen LogP contribution in [0.2, 0.25) is 5.02 Å². The zero-order valence-corrected chi connectivity index (χ0v) is 13.0. The van der Waals surface area contributed by atoms with Crippen LogP contribution < -0.4 is 5.73 Å². The van der Waals surface area contributed by atoms with Crippen LogP contribution in [0, 0.1) is 0 Å². The number of nitrogens with two attached hydrogens (primary N) is 1. The van der Waals surface area contributed by atoms with Gasteiger partial charge < -0.3 is 10.6 Å². The summed E-state index contributed by atoms with van der Waals surface area (Å²) in [6.07, 6.45) is 0. The Morgan fingerprint density at radius 2 is 1.86 bits per heavy atom. The molecule has 0 aliphatic rings. The van der Waals surface area contributed by atoms with Gasteiger partial charge in [0.25, 0.3) is 5.91 Å². The van der Waals surface area contributed by atoms with Gasteiger partial charge in [-0.25, -0.2) is 0 Å². The molecule has 0 atom stereocenters. The van der Waals surface area contributed by atoms with Crippen molar-refractivity contribution in [2.45, 2.75) is 26.4 Å². The molecule has 2 N–H and O–H groups in total. The van der Waals surface area contributed by atoms with Gasteiger partial charge in [-0.1, -0.05) is 41.9 Å². The number of amides is 1. The van der Waals surface area contributed by atoms with E-state index >= 15 is 0 Å². The van der Waals surface area contributed by atoms with Crippen LogP contribution in [0.5, 0.6) is 0 Å². The largest absolute Gasteiger partial charge is 0.398 e. The molecule has 110 valence electrons. The molecule has 0 spiro atoms. The maximum Gasteiger partial charge on any atom is 0.254 e. The summed E-state index contributed by atoms with van der Waals surface area (Å²) in [6.45, 7) is 4.57. The molecule has 2 aromatic rings. The zero-order valence-electron chi connectivity index (χ0n) is 12.2. The number of nitrogens with zero attached hydrogens (tertiary/aromatic N) is 1. The molecule has 3 nitrogen and oxygen atoms in total. The molecule has 0 saturated heterocycles. The van der Waals surface area contributed by atoms with Gasteiger partial charge in [-0.2, -0.15) is 0 Å².